The number of aliphatic hydroxyl groups excluding tert-OH is 1. The molecule has 2 amide bonds. The molecule has 3 rings (SSSR count). The lowest BCUT2D eigenvalue weighted by Gasteiger charge is -2.19. The first-order valence-corrected chi connectivity index (χ1v) is 10.3. The topological polar surface area (TPSA) is 125 Å². The Morgan fingerprint density at radius 1 is 1.00 bits per heavy atom. The van der Waals surface area contributed by atoms with E-state index in [1.165, 1.54) is 0 Å². The van der Waals surface area contributed by atoms with Crippen LogP contribution in [0.4, 0.5) is 13.6 Å². The summed E-state index contributed by atoms with van der Waals surface area (Å²) in [5.41, 5.74) is 4.06. The number of ether oxygens (including phenoxy) is 1. The Balaban J connectivity index is 1.59. The summed E-state index contributed by atoms with van der Waals surface area (Å²) in [5.74, 6) is -2.44. The monoisotopic (exact) mass is 462 g/mol. The van der Waals surface area contributed by atoms with Crippen LogP contribution in [0.15, 0.2) is 48.5 Å². The Morgan fingerprint density at radius 3 is 2.12 bits per heavy atom. The standard InChI is InChI=1S/C23H24F2N2O6/c24-21(25)19(28)9-10-26-22(31)18(11-20(29)30)27-23(32)33-12-17-15-7-3-1-5-13(15)14-6-2-4-8-16(14)17/h1-8,17-19,21,28H,9-12H2,(H,26,31)(H,27,32)(H,29,30). The fraction of sp³-hybridized carbons (Fsp3) is 0.348. The number of hydrogen-bond acceptors (Lipinski definition) is 5. The summed E-state index contributed by atoms with van der Waals surface area (Å²) in [6, 6.07) is 14.0. The van der Waals surface area contributed by atoms with Gasteiger partial charge in [-0.3, -0.25) is 9.59 Å². The van der Waals surface area contributed by atoms with Crippen LogP contribution in [0.3, 0.4) is 0 Å². The lowest BCUT2D eigenvalue weighted by Crippen LogP contribution is -2.48. The van der Waals surface area contributed by atoms with Gasteiger partial charge < -0.3 is 25.6 Å². The van der Waals surface area contributed by atoms with E-state index in [1.54, 1.807) is 0 Å². The summed E-state index contributed by atoms with van der Waals surface area (Å²) in [6.45, 7) is -0.339. The average molecular weight is 462 g/mol. The molecule has 2 unspecified atom stereocenters. The first-order chi connectivity index (χ1) is 15.8. The number of rotatable bonds is 10. The number of carboxylic acid groups (broad SMARTS) is 1. The van der Waals surface area contributed by atoms with Gasteiger partial charge in [0.15, 0.2) is 0 Å². The van der Waals surface area contributed by atoms with E-state index in [2.05, 4.69) is 10.6 Å². The maximum Gasteiger partial charge on any atom is 0.407 e. The highest BCUT2D eigenvalue weighted by Crippen LogP contribution is 2.44. The summed E-state index contributed by atoms with van der Waals surface area (Å²) in [5, 5.41) is 22.6. The van der Waals surface area contributed by atoms with Gasteiger partial charge in [0.05, 0.1) is 6.42 Å². The van der Waals surface area contributed by atoms with Gasteiger partial charge in [-0.05, 0) is 28.7 Å². The molecule has 0 heterocycles. The quantitative estimate of drug-likeness (QED) is 0.430. The summed E-state index contributed by atoms with van der Waals surface area (Å²) in [7, 11) is 0. The second kappa shape index (κ2) is 10.9. The number of alkyl carbamates (subject to hydrolysis) is 1. The third-order valence-corrected chi connectivity index (χ3v) is 5.36. The Morgan fingerprint density at radius 2 is 1.58 bits per heavy atom. The molecule has 8 nitrogen and oxygen atoms in total. The van der Waals surface area contributed by atoms with Crippen molar-refractivity contribution in [2.45, 2.75) is 37.3 Å². The Bertz CT molecular complexity index is 970. The number of fused-ring (bicyclic) bond motifs is 3. The van der Waals surface area contributed by atoms with Crippen molar-refractivity contribution in [2.24, 2.45) is 0 Å². The molecular formula is C23H24F2N2O6. The van der Waals surface area contributed by atoms with Crippen molar-refractivity contribution >= 4 is 18.0 Å². The summed E-state index contributed by atoms with van der Waals surface area (Å²) in [4.78, 5) is 35.7. The van der Waals surface area contributed by atoms with E-state index in [1.807, 2.05) is 48.5 Å². The van der Waals surface area contributed by atoms with E-state index < -0.39 is 49.4 Å². The average Bonchev–Trinajstić information content (AvgIpc) is 3.10. The fourth-order valence-corrected chi connectivity index (χ4v) is 3.76. The van der Waals surface area contributed by atoms with Crippen LogP contribution in [-0.2, 0) is 14.3 Å². The Hall–Kier alpha value is -3.53. The molecule has 33 heavy (non-hydrogen) atoms. The number of aliphatic hydroxyl groups is 1. The molecule has 0 saturated heterocycles. The van der Waals surface area contributed by atoms with E-state index in [9.17, 15) is 23.2 Å². The van der Waals surface area contributed by atoms with E-state index >= 15 is 0 Å². The number of hydrogen-bond donors (Lipinski definition) is 4. The first-order valence-electron chi connectivity index (χ1n) is 10.3. The van der Waals surface area contributed by atoms with Crippen molar-refractivity contribution < 1.29 is 38.1 Å². The van der Waals surface area contributed by atoms with Crippen molar-refractivity contribution in [3.05, 3.63) is 59.7 Å². The zero-order valence-electron chi connectivity index (χ0n) is 17.5. The highest BCUT2D eigenvalue weighted by molar-refractivity contribution is 5.89. The van der Waals surface area contributed by atoms with E-state index in [4.69, 9.17) is 14.9 Å². The van der Waals surface area contributed by atoms with Crippen LogP contribution in [-0.4, -0.2) is 59.9 Å². The van der Waals surface area contributed by atoms with Gasteiger partial charge in [-0.1, -0.05) is 48.5 Å². The molecular weight excluding hydrogens is 438 g/mol. The summed E-state index contributed by atoms with van der Waals surface area (Å²) < 4.78 is 30.0. The molecule has 4 N–H and O–H groups in total. The zero-order chi connectivity index (χ0) is 24.0. The SMILES string of the molecule is O=C(O)CC(NC(=O)OCC1c2ccccc2-c2ccccc21)C(=O)NCCC(O)C(F)F. The second-order valence-electron chi connectivity index (χ2n) is 7.60. The van der Waals surface area contributed by atoms with E-state index in [0.29, 0.717) is 0 Å². The van der Waals surface area contributed by atoms with Gasteiger partial charge in [0.2, 0.25) is 5.91 Å². The van der Waals surface area contributed by atoms with E-state index in [-0.39, 0.29) is 19.1 Å². The number of benzene rings is 2. The van der Waals surface area contributed by atoms with Crippen LogP contribution in [0.25, 0.3) is 11.1 Å². The molecule has 0 radical (unpaired) electrons. The molecule has 10 heteroatoms. The van der Waals surface area contributed by atoms with Crippen molar-refractivity contribution in [2.75, 3.05) is 13.2 Å². The first kappa shape index (κ1) is 24.1. The lowest BCUT2D eigenvalue weighted by atomic mass is 9.98. The normalized spacial score (nSPS) is 14.2. The molecule has 0 bridgehead atoms. The van der Waals surface area contributed by atoms with Crippen LogP contribution in [0, 0.1) is 0 Å². The van der Waals surface area contributed by atoms with Crippen molar-refractivity contribution in [3.8, 4) is 11.1 Å². The number of aliphatic carboxylic acids is 1. The van der Waals surface area contributed by atoms with Gasteiger partial charge in [-0.25, -0.2) is 13.6 Å². The minimum atomic E-state index is -2.96. The number of carbonyl (C=O) groups is 3. The Kier molecular flexibility index (Phi) is 7.94. The third kappa shape index (κ3) is 6.04. The number of halogens is 2. The van der Waals surface area contributed by atoms with Gasteiger partial charge in [-0.2, -0.15) is 0 Å². The molecule has 2 aromatic rings. The number of alkyl halides is 2. The maximum atomic E-state index is 12.3. The fourth-order valence-electron chi connectivity index (χ4n) is 3.76. The number of nitrogens with one attached hydrogen (secondary N) is 2. The van der Waals surface area contributed by atoms with Crippen molar-refractivity contribution in [3.63, 3.8) is 0 Å². The van der Waals surface area contributed by atoms with Crippen molar-refractivity contribution in [1.29, 1.82) is 0 Å². The van der Waals surface area contributed by atoms with Gasteiger partial charge in [-0.15, -0.1) is 0 Å². The van der Waals surface area contributed by atoms with Crippen molar-refractivity contribution in [1.82, 2.24) is 10.6 Å². The van der Waals surface area contributed by atoms with Gasteiger partial charge in [0.25, 0.3) is 6.43 Å². The van der Waals surface area contributed by atoms with Gasteiger partial charge >= 0.3 is 12.1 Å². The molecule has 1 aliphatic carbocycles. The zero-order valence-corrected chi connectivity index (χ0v) is 17.5. The molecule has 0 fully saturated rings. The molecule has 176 valence electrons. The van der Waals surface area contributed by atoms with Crippen LogP contribution in [0.5, 0.6) is 0 Å². The molecule has 2 aromatic carbocycles. The van der Waals surface area contributed by atoms with Gasteiger partial charge in [0, 0.05) is 12.5 Å². The molecule has 0 spiro atoms. The van der Waals surface area contributed by atoms with Crippen LogP contribution in [0.2, 0.25) is 0 Å². The number of amides is 2. The smallest absolute Gasteiger partial charge is 0.407 e. The number of carbonyl (C=O) groups excluding carboxylic acids is 2. The largest absolute Gasteiger partial charge is 0.481 e. The van der Waals surface area contributed by atoms with E-state index in [0.717, 1.165) is 22.3 Å². The predicted molar refractivity (Wildman–Crippen MR) is 114 cm³/mol. The van der Waals surface area contributed by atoms with Crippen LogP contribution in [0.1, 0.15) is 29.9 Å². The predicted octanol–water partition coefficient (Wildman–Crippen LogP) is 2.50. The van der Waals surface area contributed by atoms with Crippen LogP contribution < -0.4 is 10.6 Å². The molecule has 1 aliphatic rings. The minimum absolute atomic E-state index is 0.0259. The third-order valence-electron chi connectivity index (χ3n) is 5.36. The molecule has 0 aromatic heterocycles. The maximum absolute atomic E-state index is 12.3. The summed E-state index contributed by atoms with van der Waals surface area (Å²) in [6.07, 6.45) is -7.01. The minimum Gasteiger partial charge on any atom is -0.481 e. The summed E-state index contributed by atoms with van der Waals surface area (Å²) >= 11 is 0. The Labute approximate surface area is 188 Å². The van der Waals surface area contributed by atoms with Gasteiger partial charge in [0.1, 0.15) is 18.8 Å². The molecule has 0 saturated carbocycles. The highest BCUT2D eigenvalue weighted by atomic mass is 19.3. The van der Waals surface area contributed by atoms with Crippen LogP contribution >= 0.6 is 0 Å². The lowest BCUT2D eigenvalue weighted by molar-refractivity contribution is -0.139. The molecule has 0 aliphatic heterocycles. The second-order valence-corrected chi connectivity index (χ2v) is 7.60. The molecule has 2 atom stereocenters. The highest BCUT2D eigenvalue weighted by Gasteiger charge is 2.30. The number of carboxylic acids is 1.